The Labute approximate surface area is 190 Å². The first kappa shape index (κ1) is 21.2. The largest absolute Gasteiger partial charge is 0.522 e. The number of hydrogen-bond acceptors (Lipinski definition) is 7. The molecule has 1 amide bonds. The maximum atomic E-state index is 12.8. The van der Waals surface area contributed by atoms with Crippen molar-refractivity contribution in [3.8, 4) is 5.75 Å². The van der Waals surface area contributed by atoms with Gasteiger partial charge in [0.15, 0.2) is 6.10 Å². The number of hydrogen-bond donors (Lipinski definition) is 2. The van der Waals surface area contributed by atoms with Crippen LogP contribution in [0.4, 0.5) is 13.2 Å². The number of amides is 1. The molecule has 176 valence electrons. The van der Waals surface area contributed by atoms with E-state index in [0.29, 0.717) is 41.0 Å². The van der Waals surface area contributed by atoms with Crippen molar-refractivity contribution in [1.82, 2.24) is 15.5 Å². The van der Waals surface area contributed by atoms with E-state index in [-0.39, 0.29) is 31.1 Å². The van der Waals surface area contributed by atoms with Gasteiger partial charge in [-0.15, -0.1) is 23.4 Å². The molecule has 1 aromatic carbocycles. The van der Waals surface area contributed by atoms with Crippen LogP contribution in [-0.2, 0) is 14.9 Å². The van der Waals surface area contributed by atoms with Crippen molar-refractivity contribution >= 4 is 17.5 Å². The number of ether oxygens (including phenoxy) is 2. The maximum absolute atomic E-state index is 12.8. The third kappa shape index (κ3) is 3.48. The molecule has 0 spiro atoms. The van der Waals surface area contributed by atoms with Gasteiger partial charge in [-0.25, -0.2) is 0 Å². The van der Waals surface area contributed by atoms with Crippen LogP contribution in [0.2, 0.25) is 5.02 Å². The molecule has 0 radical (unpaired) electrons. The zero-order valence-corrected chi connectivity index (χ0v) is 17.8. The van der Waals surface area contributed by atoms with Gasteiger partial charge in [-0.1, -0.05) is 11.6 Å². The standard InChI is InChI=1S/C21H19ClF3N3O5/c22-10-1-2-14-12(5-10)13(29)6-15(31-14)16(30)26-20-7-19(20,8-20)18-28-27-17(32-18)9-3-11(4-9)33-21(23,24)25/h1-2,5,9,11,13,15,29H,3-4,6-8H2,(H,26,30)/t9?,11?,13-,15+,19?,20?/m1/s1. The Bertz CT molecular complexity index is 1130. The zero-order valence-electron chi connectivity index (χ0n) is 17.1. The van der Waals surface area contributed by atoms with E-state index in [1.54, 1.807) is 18.2 Å². The molecule has 0 bridgehead atoms. The van der Waals surface area contributed by atoms with Gasteiger partial charge in [0.2, 0.25) is 11.8 Å². The van der Waals surface area contributed by atoms with Crippen molar-refractivity contribution in [2.75, 3.05) is 0 Å². The lowest BCUT2D eigenvalue weighted by Gasteiger charge is -2.32. The lowest BCUT2D eigenvalue weighted by Crippen LogP contribution is -2.44. The summed E-state index contributed by atoms with van der Waals surface area (Å²) in [5, 5.41) is 22.0. The normalized spacial score (nSPS) is 36.2. The summed E-state index contributed by atoms with van der Waals surface area (Å²) < 4.78 is 52.4. The molecule has 2 aromatic rings. The molecule has 1 aromatic heterocycles. The predicted octanol–water partition coefficient (Wildman–Crippen LogP) is 3.29. The lowest BCUT2D eigenvalue weighted by atomic mass is 9.82. The highest BCUT2D eigenvalue weighted by Gasteiger charge is 2.88. The molecule has 1 aliphatic heterocycles. The highest BCUT2D eigenvalue weighted by Crippen LogP contribution is 2.78. The molecule has 8 nitrogen and oxygen atoms in total. The fraction of sp³-hybridized carbons (Fsp3) is 0.571. The van der Waals surface area contributed by atoms with Gasteiger partial charge in [-0.05, 0) is 43.9 Å². The number of halogens is 4. The second kappa shape index (κ2) is 6.83. The summed E-state index contributed by atoms with van der Waals surface area (Å²) >= 11 is 5.96. The van der Waals surface area contributed by atoms with E-state index in [0.717, 1.165) is 0 Å². The topological polar surface area (TPSA) is 107 Å². The summed E-state index contributed by atoms with van der Waals surface area (Å²) in [4.78, 5) is 12.8. The first-order valence-electron chi connectivity index (χ1n) is 10.6. The summed E-state index contributed by atoms with van der Waals surface area (Å²) in [5.74, 6) is 0.516. The quantitative estimate of drug-likeness (QED) is 0.669. The molecule has 6 rings (SSSR count). The Morgan fingerprint density at radius 3 is 2.73 bits per heavy atom. The Balaban J connectivity index is 1.07. The first-order chi connectivity index (χ1) is 15.6. The average molecular weight is 486 g/mol. The number of fused-ring (bicyclic) bond motifs is 2. The average Bonchev–Trinajstić information content (AvgIpc) is 3.40. The highest BCUT2D eigenvalue weighted by atomic mass is 35.5. The number of nitrogens with zero attached hydrogens (tertiary/aromatic N) is 2. The number of carbonyl (C=O) groups excluding carboxylic acids is 1. The number of benzene rings is 1. The molecule has 2 atom stereocenters. The van der Waals surface area contributed by atoms with Crippen LogP contribution in [0.1, 0.15) is 61.5 Å². The van der Waals surface area contributed by atoms with Crippen molar-refractivity contribution in [2.45, 2.75) is 73.7 Å². The Kier molecular flexibility index (Phi) is 4.38. The minimum absolute atomic E-state index is 0.107. The molecule has 33 heavy (non-hydrogen) atoms. The third-order valence-corrected chi connectivity index (χ3v) is 7.39. The van der Waals surface area contributed by atoms with Gasteiger partial charge in [0, 0.05) is 22.9 Å². The van der Waals surface area contributed by atoms with Gasteiger partial charge in [0.1, 0.15) is 5.75 Å². The van der Waals surface area contributed by atoms with E-state index in [1.165, 1.54) is 0 Å². The van der Waals surface area contributed by atoms with Crippen molar-refractivity contribution in [1.29, 1.82) is 0 Å². The molecule has 0 saturated heterocycles. The molecule has 3 saturated carbocycles. The second-order valence-corrected chi connectivity index (χ2v) is 9.78. The SMILES string of the molecule is O=C(NC12CC1(c1nnc(C3CC(OC(F)(F)F)C3)o1)C2)[C@@H]1C[C@@H](O)c2cc(Cl)ccc2O1. The van der Waals surface area contributed by atoms with E-state index >= 15 is 0 Å². The Morgan fingerprint density at radius 1 is 1.24 bits per heavy atom. The zero-order chi connectivity index (χ0) is 23.2. The van der Waals surface area contributed by atoms with Crippen LogP contribution in [0.15, 0.2) is 22.6 Å². The number of aromatic nitrogens is 2. The summed E-state index contributed by atoms with van der Waals surface area (Å²) in [6, 6.07) is 4.88. The van der Waals surface area contributed by atoms with Crippen LogP contribution in [0.5, 0.6) is 5.75 Å². The molecule has 2 heterocycles. The summed E-state index contributed by atoms with van der Waals surface area (Å²) in [6.07, 6.45) is -5.53. The van der Waals surface area contributed by atoms with Crippen LogP contribution >= 0.6 is 11.6 Å². The van der Waals surface area contributed by atoms with Crippen LogP contribution in [0.3, 0.4) is 0 Å². The molecular formula is C21H19ClF3N3O5. The number of aliphatic hydroxyl groups is 1. The smallest absolute Gasteiger partial charge is 0.480 e. The van der Waals surface area contributed by atoms with Crippen molar-refractivity contribution in [3.05, 3.63) is 40.6 Å². The Hall–Kier alpha value is -2.37. The van der Waals surface area contributed by atoms with E-state index in [2.05, 4.69) is 20.3 Å². The van der Waals surface area contributed by atoms with Crippen molar-refractivity contribution in [3.63, 3.8) is 0 Å². The number of nitrogens with one attached hydrogen (secondary N) is 1. The number of rotatable bonds is 5. The monoisotopic (exact) mass is 485 g/mol. The third-order valence-electron chi connectivity index (χ3n) is 7.16. The number of carbonyl (C=O) groups is 1. The molecule has 3 aliphatic carbocycles. The minimum atomic E-state index is -4.65. The van der Waals surface area contributed by atoms with E-state index in [9.17, 15) is 23.1 Å². The van der Waals surface area contributed by atoms with Gasteiger partial charge < -0.3 is 19.6 Å². The van der Waals surface area contributed by atoms with Crippen molar-refractivity contribution in [2.24, 2.45) is 0 Å². The molecule has 0 unspecified atom stereocenters. The van der Waals surface area contributed by atoms with Crippen LogP contribution < -0.4 is 10.1 Å². The lowest BCUT2D eigenvalue weighted by molar-refractivity contribution is -0.352. The second-order valence-electron chi connectivity index (χ2n) is 9.35. The summed E-state index contributed by atoms with van der Waals surface area (Å²) in [7, 11) is 0. The van der Waals surface area contributed by atoms with E-state index < -0.39 is 35.6 Å². The van der Waals surface area contributed by atoms with Crippen LogP contribution in [-0.4, -0.2) is 45.3 Å². The molecule has 3 fully saturated rings. The molecular weight excluding hydrogens is 467 g/mol. The number of aliphatic hydroxyl groups excluding tert-OH is 1. The molecule has 4 aliphatic rings. The van der Waals surface area contributed by atoms with Gasteiger partial charge in [0.25, 0.3) is 5.91 Å². The fourth-order valence-electron chi connectivity index (χ4n) is 4.99. The molecule has 2 N–H and O–H groups in total. The number of alkyl halides is 3. The highest BCUT2D eigenvalue weighted by molar-refractivity contribution is 6.30. The molecule has 12 heteroatoms. The van der Waals surface area contributed by atoms with Gasteiger partial charge >= 0.3 is 6.36 Å². The van der Waals surface area contributed by atoms with Gasteiger partial charge in [-0.3, -0.25) is 9.53 Å². The van der Waals surface area contributed by atoms with Crippen LogP contribution in [0.25, 0.3) is 0 Å². The van der Waals surface area contributed by atoms with Gasteiger partial charge in [0.05, 0.1) is 23.2 Å². The minimum Gasteiger partial charge on any atom is -0.480 e. The Morgan fingerprint density at radius 2 is 2.00 bits per heavy atom. The fourth-order valence-corrected chi connectivity index (χ4v) is 5.18. The van der Waals surface area contributed by atoms with E-state index in [1.807, 2.05) is 0 Å². The predicted molar refractivity (Wildman–Crippen MR) is 104 cm³/mol. The van der Waals surface area contributed by atoms with Crippen molar-refractivity contribution < 1.29 is 37.0 Å². The van der Waals surface area contributed by atoms with E-state index in [4.69, 9.17) is 20.8 Å². The summed E-state index contributed by atoms with van der Waals surface area (Å²) in [6.45, 7) is 0. The summed E-state index contributed by atoms with van der Waals surface area (Å²) in [5.41, 5.74) is -0.364. The van der Waals surface area contributed by atoms with Gasteiger partial charge in [-0.2, -0.15) is 0 Å². The van der Waals surface area contributed by atoms with Crippen LogP contribution in [0, 0.1) is 0 Å². The maximum Gasteiger partial charge on any atom is 0.522 e. The first-order valence-corrected chi connectivity index (χ1v) is 11.0.